The van der Waals surface area contributed by atoms with Crippen LogP contribution in [0, 0.1) is 0 Å². The van der Waals surface area contributed by atoms with Gasteiger partial charge in [0.05, 0.1) is 10.6 Å². The molecule has 0 radical (unpaired) electrons. The number of hydrogen-bond acceptors (Lipinski definition) is 4. The molecule has 7 nitrogen and oxygen atoms in total. The van der Waals surface area contributed by atoms with Crippen molar-refractivity contribution in [1.29, 1.82) is 0 Å². The molecule has 0 saturated carbocycles. The van der Waals surface area contributed by atoms with E-state index in [0.717, 1.165) is 17.4 Å². The Morgan fingerprint density at radius 3 is 2.50 bits per heavy atom. The van der Waals surface area contributed by atoms with Crippen LogP contribution in [0.4, 0.5) is 5.69 Å². The molecule has 0 aromatic heterocycles. The molecule has 3 aromatic rings. The summed E-state index contributed by atoms with van der Waals surface area (Å²) in [6.45, 7) is 4.53. The summed E-state index contributed by atoms with van der Waals surface area (Å²) in [6.07, 6.45) is 1.19. The molecule has 1 aliphatic heterocycles. The number of sulfonamides is 1. The van der Waals surface area contributed by atoms with Gasteiger partial charge in [-0.2, -0.15) is 0 Å². The van der Waals surface area contributed by atoms with Crippen LogP contribution in [0.25, 0.3) is 10.8 Å². The van der Waals surface area contributed by atoms with E-state index in [-0.39, 0.29) is 31.3 Å². The van der Waals surface area contributed by atoms with Crippen molar-refractivity contribution in [2.75, 3.05) is 17.4 Å². The summed E-state index contributed by atoms with van der Waals surface area (Å²) in [5.74, 6) is -0.470. The van der Waals surface area contributed by atoms with Crippen LogP contribution in [0.1, 0.15) is 38.7 Å². The first-order valence-electron chi connectivity index (χ1n) is 12.1. The van der Waals surface area contributed by atoms with Crippen molar-refractivity contribution in [3.63, 3.8) is 0 Å². The maximum absolute atomic E-state index is 13.4. The van der Waals surface area contributed by atoms with E-state index in [9.17, 15) is 18.0 Å². The van der Waals surface area contributed by atoms with Gasteiger partial charge in [-0.1, -0.05) is 61.0 Å². The number of nitrogens with one attached hydrogen (secondary N) is 1. The van der Waals surface area contributed by atoms with Crippen molar-refractivity contribution in [3.05, 3.63) is 71.2 Å². The third-order valence-corrected chi connectivity index (χ3v) is 8.67. The maximum Gasteiger partial charge on any atom is 0.265 e. The van der Waals surface area contributed by atoms with E-state index in [4.69, 9.17) is 11.6 Å². The summed E-state index contributed by atoms with van der Waals surface area (Å²) in [5.41, 5.74) is 1.38. The zero-order valence-corrected chi connectivity index (χ0v) is 22.0. The van der Waals surface area contributed by atoms with Crippen LogP contribution in [0.2, 0.25) is 5.02 Å². The minimum atomic E-state index is -3.68. The van der Waals surface area contributed by atoms with Crippen molar-refractivity contribution in [2.24, 2.45) is 0 Å². The molecule has 4 rings (SSSR count). The van der Waals surface area contributed by atoms with Gasteiger partial charge in [0.15, 0.2) is 0 Å². The Labute approximate surface area is 217 Å². The number of rotatable bonds is 10. The Kier molecular flexibility index (Phi) is 7.85. The molecule has 0 aliphatic carbocycles. The normalized spacial score (nSPS) is 14.6. The molecule has 1 atom stereocenters. The first-order valence-corrected chi connectivity index (χ1v) is 13.9. The molecular weight excluding hydrogens is 498 g/mol. The van der Waals surface area contributed by atoms with Gasteiger partial charge in [-0.25, -0.2) is 8.42 Å². The summed E-state index contributed by atoms with van der Waals surface area (Å²) < 4.78 is 27.8. The van der Waals surface area contributed by atoms with Crippen molar-refractivity contribution in [3.8, 4) is 0 Å². The molecule has 0 spiro atoms. The van der Waals surface area contributed by atoms with Crippen LogP contribution in [-0.4, -0.2) is 44.3 Å². The van der Waals surface area contributed by atoms with E-state index in [2.05, 4.69) is 5.32 Å². The third kappa shape index (κ3) is 5.06. The van der Waals surface area contributed by atoms with E-state index in [1.165, 1.54) is 9.21 Å². The fraction of sp³-hybridized carbons (Fsp3) is 0.333. The predicted octanol–water partition coefficient (Wildman–Crippen LogP) is 4.73. The van der Waals surface area contributed by atoms with Gasteiger partial charge in [0.1, 0.15) is 6.04 Å². The number of nitrogens with zero attached hydrogens (tertiary/aromatic N) is 2. The Morgan fingerprint density at radius 2 is 1.78 bits per heavy atom. The van der Waals surface area contributed by atoms with Crippen molar-refractivity contribution in [2.45, 2.75) is 50.6 Å². The molecule has 0 unspecified atom stereocenters. The minimum absolute atomic E-state index is 0.0915. The Morgan fingerprint density at radius 1 is 1.06 bits per heavy atom. The highest BCUT2D eigenvalue weighted by molar-refractivity contribution is 7.93. The van der Waals surface area contributed by atoms with E-state index < -0.39 is 16.1 Å². The first kappa shape index (κ1) is 26.0. The molecule has 36 heavy (non-hydrogen) atoms. The monoisotopic (exact) mass is 527 g/mol. The lowest BCUT2D eigenvalue weighted by molar-refractivity contribution is -0.140. The van der Waals surface area contributed by atoms with E-state index in [1.807, 2.05) is 43.3 Å². The zero-order valence-electron chi connectivity index (χ0n) is 20.4. The van der Waals surface area contributed by atoms with Crippen LogP contribution in [0.3, 0.4) is 0 Å². The Bertz CT molecular complexity index is 1390. The molecule has 9 heteroatoms. The Balaban J connectivity index is 1.50. The third-order valence-electron chi connectivity index (χ3n) is 6.45. The van der Waals surface area contributed by atoms with Crippen molar-refractivity contribution >= 4 is 49.9 Å². The van der Waals surface area contributed by atoms with Gasteiger partial charge < -0.3 is 10.2 Å². The van der Waals surface area contributed by atoms with Gasteiger partial charge in [-0.15, -0.1) is 0 Å². The highest BCUT2D eigenvalue weighted by Crippen LogP contribution is 2.42. The summed E-state index contributed by atoms with van der Waals surface area (Å²) in [6, 6.07) is 17.3. The van der Waals surface area contributed by atoms with Gasteiger partial charge in [0.25, 0.3) is 10.0 Å². The predicted molar refractivity (Wildman–Crippen MR) is 142 cm³/mol. The van der Waals surface area contributed by atoms with Crippen LogP contribution in [-0.2, 0) is 26.2 Å². The largest absolute Gasteiger partial charge is 0.354 e. The molecule has 3 aromatic carbocycles. The minimum Gasteiger partial charge on any atom is -0.354 e. The van der Waals surface area contributed by atoms with Crippen LogP contribution < -0.4 is 9.62 Å². The Hall–Kier alpha value is -3.10. The molecule has 0 bridgehead atoms. The van der Waals surface area contributed by atoms with Crippen LogP contribution >= 0.6 is 11.6 Å². The number of anilines is 1. The highest BCUT2D eigenvalue weighted by Gasteiger charge is 2.35. The maximum atomic E-state index is 13.4. The number of amides is 2. The summed E-state index contributed by atoms with van der Waals surface area (Å²) >= 11 is 6.33. The summed E-state index contributed by atoms with van der Waals surface area (Å²) in [5, 5.41) is 4.95. The highest BCUT2D eigenvalue weighted by atomic mass is 35.5. The molecule has 1 aliphatic rings. The fourth-order valence-electron chi connectivity index (χ4n) is 4.51. The van der Waals surface area contributed by atoms with E-state index in [0.29, 0.717) is 34.0 Å². The number of carbonyl (C=O) groups is 2. The molecule has 2 amide bonds. The number of hydrogen-bond donors (Lipinski definition) is 1. The molecular formula is C27H30ClN3O4S. The second kappa shape index (κ2) is 10.9. The van der Waals surface area contributed by atoms with Gasteiger partial charge in [0.2, 0.25) is 11.8 Å². The SMILES string of the molecule is CCCNC(=O)[C@@H](C)N(Cc1ccccc1Cl)C(=O)CCCN1c2cccc3cccc(c23)S1(=O)=O. The number of carbonyl (C=O) groups excluding carboxylic acids is 2. The van der Waals surface area contributed by atoms with Crippen molar-refractivity contribution < 1.29 is 18.0 Å². The second-order valence-corrected chi connectivity index (χ2v) is 11.1. The number of benzene rings is 3. The van der Waals surface area contributed by atoms with Crippen molar-refractivity contribution in [1.82, 2.24) is 10.2 Å². The number of halogens is 1. The topological polar surface area (TPSA) is 86.8 Å². The van der Waals surface area contributed by atoms with Crippen LogP contribution in [0.15, 0.2) is 65.6 Å². The van der Waals surface area contributed by atoms with Gasteiger partial charge in [0, 0.05) is 36.5 Å². The quantitative estimate of drug-likeness (QED) is 0.413. The molecule has 0 fully saturated rings. The second-order valence-electron chi connectivity index (χ2n) is 8.89. The van der Waals surface area contributed by atoms with E-state index in [1.54, 1.807) is 31.2 Å². The molecule has 1 heterocycles. The molecule has 0 saturated heterocycles. The smallest absolute Gasteiger partial charge is 0.265 e. The lowest BCUT2D eigenvalue weighted by Gasteiger charge is -2.29. The lowest BCUT2D eigenvalue weighted by atomic mass is 10.1. The molecule has 1 N–H and O–H groups in total. The fourth-order valence-corrected chi connectivity index (χ4v) is 6.45. The van der Waals surface area contributed by atoms with Gasteiger partial charge >= 0.3 is 0 Å². The average Bonchev–Trinajstić information content (AvgIpc) is 3.09. The first-order chi connectivity index (χ1) is 17.3. The van der Waals surface area contributed by atoms with Gasteiger partial charge in [-0.3, -0.25) is 13.9 Å². The summed E-state index contributed by atoms with van der Waals surface area (Å²) in [4.78, 5) is 27.9. The lowest BCUT2D eigenvalue weighted by Crippen LogP contribution is -2.47. The van der Waals surface area contributed by atoms with E-state index >= 15 is 0 Å². The standard InChI is InChI=1S/C27H30ClN3O4S/c1-3-16-29-27(33)19(2)30(18-21-9-4-5-12-22(21)28)25(32)15-8-17-31-23-13-6-10-20-11-7-14-24(26(20)23)36(31,34)35/h4-7,9-14,19H,3,8,15-18H2,1-2H3,(H,29,33)/t19-/m1/s1. The zero-order chi connectivity index (χ0) is 25.9. The van der Waals surface area contributed by atoms with Crippen LogP contribution in [0.5, 0.6) is 0 Å². The summed E-state index contributed by atoms with van der Waals surface area (Å²) in [7, 11) is -3.68. The molecule has 190 valence electrons. The average molecular weight is 528 g/mol. The van der Waals surface area contributed by atoms with Gasteiger partial charge in [-0.05, 0) is 48.9 Å².